The van der Waals surface area contributed by atoms with Gasteiger partial charge in [-0.3, -0.25) is 14.5 Å². The lowest BCUT2D eigenvalue weighted by molar-refractivity contribution is 0.0770. The molecule has 0 spiro atoms. The summed E-state index contributed by atoms with van der Waals surface area (Å²) in [5, 5.41) is 8.76. The summed E-state index contributed by atoms with van der Waals surface area (Å²) in [6.45, 7) is 3.75. The molecule has 0 bridgehead atoms. The van der Waals surface area contributed by atoms with Crippen LogP contribution in [0.2, 0.25) is 0 Å². The van der Waals surface area contributed by atoms with E-state index in [1.54, 1.807) is 49.2 Å². The number of benzene rings is 1. The molecule has 6 rings (SSSR count). The molecule has 4 aromatic rings. The fraction of sp³-hybridized carbons (Fsp3) is 0.286. The summed E-state index contributed by atoms with van der Waals surface area (Å²) in [4.78, 5) is 18.8. The van der Waals surface area contributed by atoms with Crippen molar-refractivity contribution in [3.8, 4) is 5.69 Å². The third-order valence-electron chi connectivity index (χ3n) is 7.62. The zero-order valence-electron chi connectivity index (χ0n) is 21.8. The zero-order valence-corrected chi connectivity index (χ0v) is 22.6. The largest absolute Gasteiger partial charge is 0.291 e. The smallest absolute Gasteiger partial charge is 0.246 e. The maximum absolute atomic E-state index is 14.3. The highest BCUT2D eigenvalue weighted by Crippen LogP contribution is 2.47. The first-order valence-electron chi connectivity index (χ1n) is 12.6. The number of carbonyl (C=O) groups is 1. The first kappa shape index (κ1) is 25.3. The van der Waals surface area contributed by atoms with Gasteiger partial charge in [-0.2, -0.15) is 14.5 Å². The van der Waals surface area contributed by atoms with Gasteiger partial charge in [-0.1, -0.05) is 5.57 Å². The van der Waals surface area contributed by atoms with Crippen LogP contribution in [0.3, 0.4) is 0 Å². The van der Waals surface area contributed by atoms with Gasteiger partial charge in [0.15, 0.2) is 5.78 Å². The van der Waals surface area contributed by atoms with E-state index >= 15 is 0 Å². The van der Waals surface area contributed by atoms with Crippen molar-refractivity contribution >= 4 is 21.9 Å². The van der Waals surface area contributed by atoms with E-state index in [0.29, 0.717) is 23.5 Å². The summed E-state index contributed by atoms with van der Waals surface area (Å²) in [6, 6.07) is 9.61. The number of aromatic nitrogens is 5. The number of ketones is 1. The Morgan fingerprint density at radius 1 is 1.13 bits per heavy atom. The number of hydrogen-bond acceptors (Lipinski definition) is 6. The fourth-order valence-corrected chi connectivity index (χ4v) is 7.38. The Kier molecular flexibility index (Phi) is 5.88. The number of pyridine rings is 1. The van der Waals surface area contributed by atoms with Crippen molar-refractivity contribution in [1.29, 1.82) is 0 Å². The van der Waals surface area contributed by atoms with Crippen LogP contribution in [-0.2, 0) is 23.5 Å². The van der Waals surface area contributed by atoms with Crippen LogP contribution in [0.5, 0.6) is 0 Å². The molecule has 0 saturated carbocycles. The second-order valence-corrected chi connectivity index (χ2v) is 12.2. The van der Waals surface area contributed by atoms with E-state index in [1.165, 1.54) is 27.3 Å². The molecule has 39 heavy (non-hydrogen) atoms. The second kappa shape index (κ2) is 9.06. The monoisotopic (exact) mass is 546 g/mol. The topological polar surface area (TPSA) is 103 Å². The summed E-state index contributed by atoms with van der Waals surface area (Å²) < 4.78 is 45.7. The fourth-order valence-electron chi connectivity index (χ4n) is 5.68. The van der Waals surface area contributed by atoms with Crippen LogP contribution in [-0.4, -0.2) is 56.1 Å². The predicted octanol–water partition coefficient (Wildman–Crippen LogP) is 3.66. The van der Waals surface area contributed by atoms with E-state index in [1.807, 2.05) is 19.1 Å². The molecule has 1 fully saturated rings. The third kappa shape index (κ3) is 4.12. The summed E-state index contributed by atoms with van der Waals surface area (Å²) in [6.07, 6.45) is 7.37. The van der Waals surface area contributed by atoms with Crippen LogP contribution >= 0.6 is 0 Å². The highest BCUT2D eigenvalue weighted by molar-refractivity contribution is 7.89. The summed E-state index contributed by atoms with van der Waals surface area (Å²) in [5.74, 6) is -0.564. The lowest BCUT2D eigenvalue weighted by Crippen LogP contribution is -2.53. The van der Waals surface area contributed by atoms with Gasteiger partial charge in [0.2, 0.25) is 10.0 Å². The number of aryl methyl sites for hydroxylation is 3. The van der Waals surface area contributed by atoms with Gasteiger partial charge >= 0.3 is 0 Å². The van der Waals surface area contributed by atoms with Crippen LogP contribution in [0.1, 0.15) is 39.4 Å². The van der Waals surface area contributed by atoms with Gasteiger partial charge < -0.3 is 0 Å². The molecule has 9 nitrogen and oxygen atoms in total. The number of nitrogens with zero attached hydrogens (tertiary/aromatic N) is 6. The van der Waals surface area contributed by atoms with Gasteiger partial charge in [-0.05, 0) is 80.3 Å². The number of carbonyl (C=O) groups excluding carboxylic acids is 1. The molecule has 0 radical (unpaired) electrons. The van der Waals surface area contributed by atoms with Crippen LogP contribution in [0.25, 0.3) is 11.8 Å². The standard InChI is InChI=1S/C28H27FN6O3S/c1-18-8-10-30-24(12-18)27(36)28-14-20-15-31-35(23-6-4-22(29)5-7-23)25(20)13-21(28)9-11-34(17-28)39(37,38)26-16-33(3)32-19(26)2/h4-8,10,12-13,15-16H,9,11,14,17H2,1-3H3/t28-/m0/s1. The lowest BCUT2D eigenvalue weighted by Gasteiger charge is -2.44. The number of fused-ring (bicyclic) bond motifs is 2. The minimum Gasteiger partial charge on any atom is -0.291 e. The van der Waals surface area contributed by atoms with E-state index in [-0.39, 0.29) is 36.0 Å². The number of sulfonamides is 1. The van der Waals surface area contributed by atoms with Crippen molar-refractivity contribution < 1.29 is 17.6 Å². The van der Waals surface area contributed by atoms with E-state index in [9.17, 15) is 17.6 Å². The van der Waals surface area contributed by atoms with Gasteiger partial charge in [0.25, 0.3) is 0 Å². The van der Waals surface area contributed by atoms with Crippen molar-refractivity contribution in [2.75, 3.05) is 13.1 Å². The van der Waals surface area contributed by atoms with Gasteiger partial charge in [0.05, 0.1) is 28.7 Å². The van der Waals surface area contributed by atoms with Gasteiger partial charge in [0, 0.05) is 32.5 Å². The lowest BCUT2D eigenvalue weighted by atomic mass is 9.65. The van der Waals surface area contributed by atoms with Gasteiger partial charge in [0.1, 0.15) is 16.4 Å². The molecular weight excluding hydrogens is 519 g/mol. The summed E-state index contributed by atoms with van der Waals surface area (Å²) in [5.41, 5.74) is 3.59. The third-order valence-corrected chi connectivity index (χ3v) is 9.57. The average Bonchev–Trinajstić information content (AvgIpc) is 3.48. The van der Waals surface area contributed by atoms with E-state index < -0.39 is 15.4 Å². The quantitative estimate of drug-likeness (QED) is 0.354. The Hall–Kier alpha value is -3.96. The summed E-state index contributed by atoms with van der Waals surface area (Å²) in [7, 11) is -2.23. The highest BCUT2D eigenvalue weighted by atomic mass is 32.2. The Balaban J connectivity index is 1.47. The van der Waals surface area contributed by atoms with Crippen LogP contribution in [0, 0.1) is 25.1 Å². The SMILES string of the molecule is Cc1ccnc(C(=O)[C@]23Cc4cnn(-c5ccc(F)cc5)c4C=C2CCN(S(=O)(=O)c2cn(C)nc2C)C3)c1. The van der Waals surface area contributed by atoms with Crippen molar-refractivity contribution in [2.24, 2.45) is 12.5 Å². The van der Waals surface area contributed by atoms with Crippen molar-refractivity contribution in [2.45, 2.75) is 31.6 Å². The Bertz CT molecular complexity index is 1760. The number of Topliss-reactive ketones (excluding diaryl/α,β-unsaturated/α-hetero) is 1. The molecule has 4 heterocycles. The minimum atomic E-state index is -3.91. The molecule has 0 amide bonds. The Labute approximate surface area is 225 Å². The molecule has 1 aliphatic heterocycles. The van der Waals surface area contributed by atoms with Crippen LogP contribution in [0.4, 0.5) is 4.39 Å². The van der Waals surface area contributed by atoms with Crippen molar-refractivity contribution in [3.05, 3.63) is 94.6 Å². The molecule has 1 atom stereocenters. The maximum Gasteiger partial charge on any atom is 0.246 e. The molecule has 2 aliphatic rings. The van der Waals surface area contributed by atoms with E-state index in [2.05, 4.69) is 15.2 Å². The molecular formula is C28H27FN6O3S. The molecule has 3 aromatic heterocycles. The van der Waals surface area contributed by atoms with Crippen LogP contribution in [0.15, 0.2) is 65.5 Å². The maximum atomic E-state index is 14.3. The molecule has 0 unspecified atom stereocenters. The van der Waals surface area contributed by atoms with Crippen molar-refractivity contribution in [1.82, 2.24) is 28.9 Å². The molecule has 200 valence electrons. The van der Waals surface area contributed by atoms with Crippen LogP contribution < -0.4 is 0 Å². The minimum absolute atomic E-state index is 0.0227. The second-order valence-electron chi connectivity index (χ2n) is 10.3. The predicted molar refractivity (Wildman–Crippen MR) is 142 cm³/mol. The molecule has 0 N–H and O–H groups in total. The van der Waals surface area contributed by atoms with E-state index in [0.717, 1.165) is 22.4 Å². The van der Waals surface area contributed by atoms with Crippen molar-refractivity contribution in [3.63, 3.8) is 0 Å². The highest BCUT2D eigenvalue weighted by Gasteiger charge is 2.51. The first-order valence-corrected chi connectivity index (χ1v) is 14.0. The normalized spacial score (nSPS) is 19.3. The average molecular weight is 547 g/mol. The van der Waals surface area contributed by atoms with Gasteiger partial charge in [-0.25, -0.2) is 17.5 Å². The number of hydrogen-bond donors (Lipinski definition) is 0. The number of rotatable bonds is 5. The summed E-state index contributed by atoms with van der Waals surface area (Å²) >= 11 is 0. The number of piperidine rings is 1. The molecule has 11 heteroatoms. The van der Waals surface area contributed by atoms with Gasteiger partial charge in [-0.15, -0.1) is 0 Å². The molecule has 1 aromatic carbocycles. The number of halogens is 1. The first-order chi connectivity index (χ1) is 18.6. The van der Waals surface area contributed by atoms with E-state index in [4.69, 9.17) is 0 Å². The Morgan fingerprint density at radius 2 is 1.90 bits per heavy atom. The molecule has 1 saturated heterocycles. The molecule has 1 aliphatic carbocycles. The zero-order chi connectivity index (χ0) is 27.5. The Morgan fingerprint density at radius 3 is 2.59 bits per heavy atom.